The third kappa shape index (κ3) is 3.57. The van der Waals surface area contributed by atoms with Gasteiger partial charge in [-0.3, -0.25) is 0 Å². The van der Waals surface area contributed by atoms with Crippen LogP contribution in [0, 0.1) is 5.92 Å². The lowest BCUT2D eigenvalue weighted by Crippen LogP contribution is -2.34. The Morgan fingerprint density at radius 3 is 2.80 bits per heavy atom. The first kappa shape index (κ1) is 15.0. The minimum atomic E-state index is 0.104. The van der Waals surface area contributed by atoms with Crippen LogP contribution in [0.4, 0.5) is 11.4 Å². The standard InChI is InChI=1S/C16H26N2O2/c1-11(2)20-15-9-5-8-14(16(15)17)18-13-7-4-3-6-12(13)10-19/h5,8-9,11-13,18-19H,3-4,6-7,10,17H2,1-2H3. The first-order valence-corrected chi connectivity index (χ1v) is 7.54. The number of hydrogen-bond acceptors (Lipinski definition) is 4. The van der Waals surface area contributed by atoms with Crippen LogP contribution in [0.1, 0.15) is 39.5 Å². The number of hydrogen-bond donors (Lipinski definition) is 3. The first-order chi connectivity index (χ1) is 9.61. The zero-order valence-electron chi connectivity index (χ0n) is 12.4. The van der Waals surface area contributed by atoms with Crippen LogP contribution in [-0.4, -0.2) is 23.9 Å². The van der Waals surface area contributed by atoms with Gasteiger partial charge in [-0.15, -0.1) is 0 Å². The fourth-order valence-electron chi connectivity index (χ4n) is 2.84. The molecule has 20 heavy (non-hydrogen) atoms. The summed E-state index contributed by atoms with van der Waals surface area (Å²) in [4.78, 5) is 0. The topological polar surface area (TPSA) is 67.5 Å². The number of nitrogens with one attached hydrogen (secondary N) is 1. The van der Waals surface area contributed by atoms with Gasteiger partial charge < -0.3 is 20.9 Å². The van der Waals surface area contributed by atoms with Gasteiger partial charge >= 0.3 is 0 Å². The Kier molecular flexibility index (Phi) is 5.12. The number of anilines is 2. The van der Waals surface area contributed by atoms with Gasteiger partial charge in [0.05, 0.1) is 17.5 Å². The minimum Gasteiger partial charge on any atom is -0.489 e. The van der Waals surface area contributed by atoms with Crippen LogP contribution in [0.3, 0.4) is 0 Å². The molecule has 0 amide bonds. The SMILES string of the molecule is CC(C)Oc1cccc(NC2CCCCC2CO)c1N. The van der Waals surface area contributed by atoms with Crippen molar-refractivity contribution in [1.82, 2.24) is 0 Å². The molecule has 1 aliphatic carbocycles. The molecule has 2 unspecified atom stereocenters. The van der Waals surface area contributed by atoms with Gasteiger partial charge in [-0.25, -0.2) is 0 Å². The van der Waals surface area contributed by atoms with Gasteiger partial charge in [-0.05, 0) is 38.8 Å². The molecule has 0 saturated heterocycles. The maximum Gasteiger partial charge on any atom is 0.144 e. The summed E-state index contributed by atoms with van der Waals surface area (Å²) < 4.78 is 5.71. The van der Waals surface area contributed by atoms with Gasteiger partial charge in [0.2, 0.25) is 0 Å². The average molecular weight is 278 g/mol. The Morgan fingerprint density at radius 1 is 1.35 bits per heavy atom. The van der Waals surface area contributed by atoms with E-state index in [2.05, 4.69) is 5.32 Å². The van der Waals surface area contributed by atoms with E-state index < -0.39 is 0 Å². The first-order valence-electron chi connectivity index (χ1n) is 7.54. The number of aliphatic hydroxyl groups is 1. The Balaban J connectivity index is 2.12. The largest absolute Gasteiger partial charge is 0.489 e. The summed E-state index contributed by atoms with van der Waals surface area (Å²) >= 11 is 0. The van der Waals surface area contributed by atoms with Gasteiger partial charge in [-0.1, -0.05) is 18.9 Å². The minimum absolute atomic E-state index is 0.104. The molecule has 1 aromatic rings. The summed E-state index contributed by atoms with van der Waals surface area (Å²) in [7, 11) is 0. The maximum absolute atomic E-state index is 9.49. The van der Waals surface area contributed by atoms with Crippen LogP contribution in [-0.2, 0) is 0 Å². The second kappa shape index (κ2) is 6.84. The quantitative estimate of drug-likeness (QED) is 0.724. The molecule has 0 aliphatic heterocycles. The Morgan fingerprint density at radius 2 is 2.10 bits per heavy atom. The zero-order chi connectivity index (χ0) is 14.5. The second-order valence-electron chi connectivity index (χ2n) is 5.86. The van der Waals surface area contributed by atoms with Crippen molar-refractivity contribution < 1.29 is 9.84 Å². The molecule has 0 aromatic heterocycles. The number of para-hydroxylation sites is 1. The van der Waals surface area contributed by atoms with Gasteiger partial charge in [0.25, 0.3) is 0 Å². The average Bonchev–Trinajstić information content (AvgIpc) is 2.43. The Hall–Kier alpha value is -1.42. The molecule has 4 nitrogen and oxygen atoms in total. The number of ether oxygens (including phenoxy) is 1. The van der Waals surface area contributed by atoms with E-state index in [1.165, 1.54) is 12.8 Å². The lowest BCUT2D eigenvalue weighted by atomic mass is 9.85. The Labute approximate surface area is 121 Å². The van der Waals surface area contributed by atoms with E-state index in [9.17, 15) is 5.11 Å². The summed E-state index contributed by atoms with van der Waals surface area (Å²) in [5, 5.41) is 13.0. The number of benzene rings is 1. The summed E-state index contributed by atoms with van der Waals surface area (Å²) in [5.41, 5.74) is 7.75. The molecule has 0 bridgehead atoms. The summed E-state index contributed by atoms with van der Waals surface area (Å²) in [6.45, 7) is 4.21. The highest BCUT2D eigenvalue weighted by molar-refractivity contribution is 5.73. The summed E-state index contributed by atoms with van der Waals surface area (Å²) in [5.74, 6) is 1.04. The number of rotatable bonds is 5. The van der Waals surface area contributed by atoms with E-state index in [4.69, 9.17) is 10.5 Å². The van der Waals surface area contributed by atoms with Crippen molar-refractivity contribution in [2.45, 2.75) is 51.7 Å². The number of aliphatic hydroxyl groups excluding tert-OH is 1. The van der Waals surface area contributed by atoms with Crippen LogP contribution in [0.2, 0.25) is 0 Å². The Bertz CT molecular complexity index is 434. The highest BCUT2D eigenvalue weighted by Crippen LogP contribution is 2.33. The van der Waals surface area contributed by atoms with E-state index in [1.54, 1.807) is 0 Å². The fraction of sp³-hybridized carbons (Fsp3) is 0.625. The number of nitrogen functional groups attached to an aromatic ring is 1. The molecule has 2 atom stereocenters. The van der Waals surface area contributed by atoms with Crippen molar-refractivity contribution >= 4 is 11.4 Å². The zero-order valence-corrected chi connectivity index (χ0v) is 12.4. The van der Waals surface area contributed by atoms with Gasteiger partial charge in [0.15, 0.2) is 0 Å². The molecule has 0 spiro atoms. The van der Waals surface area contributed by atoms with Gasteiger partial charge in [-0.2, -0.15) is 0 Å². The molecule has 1 saturated carbocycles. The second-order valence-corrected chi connectivity index (χ2v) is 5.86. The smallest absolute Gasteiger partial charge is 0.144 e. The molecule has 4 heteroatoms. The maximum atomic E-state index is 9.49. The van der Waals surface area contributed by atoms with Crippen LogP contribution in [0.5, 0.6) is 5.75 Å². The van der Waals surface area contributed by atoms with E-state index in [0.717, 1.165) is 24.3 Å². The predicted octanol–water partition coefficient (Wildman–Crippen LogP) is 3.02. The van der Waals surface area contributed by atoms with E-state index in [0.29, 0.717) is 17.6 Å². The molecule has 0 radical (unpaired) electrons. The molecule has 0 heterocycles. The molecular formula is C16H26N2O2. The van der Waals surface area contributed by atoms with Crippen molar-refractivity contribution in [3.8, 4) is 5.75 Å². The van der Waals surface area contributed by atoms with Gasteiger partial charge in [0, 0.05) is 18.6 Å². The van der Waals surface area contributed by atoms with Crippen LogP contribution in [0.15, 0.2) is 18.2 Å². The lowest BCUT2D eigenvalue weighted by molar-refractivity contribution is 0.178. The highest BCUT2D eigenvalue weighted by Gasteiger charge is 2.25. The van der Waals surface area contributed by atoms with Crippen LogP contribution in [0.25, 0.3) is 0 Å². The monoisotopic (exact) mass is 278 g/mol. The normalized spacial score (nSPS) is 22.8. The molecule has 112 valence electrons. The summed E-state index contributed by atoms with van der Waals surface area (Å²) in [6, 6.07) is 6.12. The molecular weight excluding hydrogens is 252 g/mol. The third-order valence-electron chi connectivity index (χ3n) is 3.91. The predicted molar refractivity (Wildman–Crippen MR) is 83.1 cm³/mol. The van der Waals surface area contributed by atoms with E-state index >= 15 is 0 Å². The fourth-order valence-corrected chi connectivity index (χ4v) is 2.84. The third-order valence-corrected chi connectivity index (χ3v) is 3.91. The number of nitrogens with two attached hydrogens (primary N) is 1. The lowest BCUT2D eigenvalue weighted by Gasteiger charge is -2.32. The molecule has 1 aliphatic rings. The van der Waals surface area contributed by atoms with E-state index in [-0.39, 0.29) is 12.7 Å². The van der Waals surface area contributed by atoms with Crippen molar-refractivity contribution in [2.24, 2.45) is 5.92 Å². The highest BCUT2D eigenvalue weighted by atomic mass is 16.5. The molecule has 1 aromatic carbocycles. The molecule has 2 rings (SSSR count). The molecule has 4 N–H and O–H groups in total. The van der Waals surface area contributed by atoms with E-state index in [1.807, 2.05) is 32.0 Å². The van der Waals surface area contributed by atoms with Crippen molar-refractivity contribution in [3.63, 3.8) is 0 Å². The van der Waals surface area contributed by atoms with Gasteiger partial charge in [0.1, 0.15) is 5.75 Å². The van der Waals surface area contributed by atoms with Crippen molar-refractivity contribution in [3.05, 3.63) is 18.2 Å². The van der Waals surface area contributed by atoms with Crippen molar-refractivity contribution in [2.75, 3.05) is 17.7 Å². The van der Waals surface area contributed by atoms with Crippen LogP contribution >= 0.6 is 0 Å². The van der Waals surface area contributed by atoms with Crippen LogP contribution < -0.4 is 15.8 Å². The van der Waals surface area contributed by atoms with Crippen molar-refractivity contribution in [1.29, 1.82) is 0 Å². The summed E-state index contributed by atoms with van der Waals surface area (Å²) in [6.07, 6.45) is 4.68. The molecule has 1 fully saturated rings.